The normalized spacial score (nSPS) is 33.5. The Morgan fingerprint density at radius 3 is 2.59 bits per heavy atom. The minimum Gasteiger partial charge on any atom is -0.381 e. The van der Waals surface area contributed by atoms with Gasteiger partial charge in [0.1, 0.15) is 0 Å². The molecule has 2 aliphatic rings. The number of hydrogen-bond acceptors (Lipinski definition) is 3. The Balaban J connectivity index is 1.89. The van der Waals surface area contributed by atoms with Crippen LogP contribution in [0.5, 0.6) is 0 Å². The first-order valence-corrected chi connectivity index (χ1v) is 7.13. The minimum absolute atomic E-state index is 0.0469. The van der Waals surface area contributed by atoms with Crippen molar-refractivity contribution in [2.45, 2.75) is 57.1 Å². The lowest BCUT2D eigenvalue weighted by atomic mass is 9.81. The van der Waals surface area contributed by atoms with Gasteiger partial charge >= 0.3 is 0 Å². The maximum atomic E-state index is 6.07. The standard InChI is InChI=1S/C14H27NO2/c1-14(7-3-4-8-17-14)13(15-2)11-12-5-9-16-10-6-12/h12-13,15H,3-11H2,1-2H3. The van der Waals surface area contributed by atoms with E-state index >= 15 is 0 Å². The van der Waals surface area contributed by atoms with E-state index in [1.807, 2.05) is 0 Å². The van der Waals surface area contributed by atoms with Crippen molar-refractivity contribution in [3.05, 3.63) is 0 Å². The predicted octanol–water partition coefficient (Wildman–Crippen LogP) is 2.35. The molecular formula is C14H27NO2. The summed E-state index contributed by atoms with van der Waals surface area (Å²) in [5.74, 6) is 0.809. The molecule has 0 aromatic rings. The van der Waals surface area contributed by atoms with E-state index in [4.69, 9.17) is 9.47 Å². The van der Waals surface area contributed by atoms with E-state index in [2.05, 4.69) is 19.3 Å². The van der Waals surface area contributed by atoms with E-state index in [1.54, 1.807) is 0 Å². The lowest BCUT2D eigenvalue weighted by Crippen LogP contribution is -2.52. The van der Waals surface area contributed by atoms with Gasteiger partial charge in [0.25, 0.3) is 0 Å². The van der Waals surface area contributed by atoms with Crippen LogP contribution >= 0.6 is 0 Å². The highest BCUT2D eigenvalue weighted by Gasteiger charge is 2.37. The molecule has 0 spiro atoms. The van der Waals surface area contributed by atoms with Crippen molar-refractivity contribution in [1.29, 1.82) is 0 Å². The van der Waals surface area contributed by atoms with Gasteiger partial charge in [-0.1, -0.05) is 0 Å². The van der Waals surface area contributed by atoms with Gasteiger partial charge in [-0.15, -0.1) is 0 Å². The van der Waals surface area contributed by atoms with Crippen LogP contribution in [0.3, 0.4) is 0 Å². The highest BCUT2D eigenvalue weighted by Crippen LogP contribution is 2.32. The molecule has 2 aliphatic heterocycles. The summed E-state index contributed by atoms with van der Waals surface area (Å²) in [5.41, 5.74) is 0.0469. The van der Waals surface area contributed by atoms with Crippen molar-refractivity contribution in [3.8, 4) is 0 Å². The Morgan fingerprint density at radius 1 is 1.24 bits per heavy atom. The maximum Gasteiger partial charge on any atom is 0.0806 e. The van der Waals surface area contributed by atoms with Crippen molar-refractivity contribution >= 4 is 0 Å². The Bertz CT molecular complexity index is 220. The molecule has 2 rings (SSSR count). The lowest BCUT2D eigenvalue weighted by molar-refractivity contribution is -0.0936. The molecule has 0 amide bonds. The average molecular weight is 241 g/mol. The van der Waals surface area contributed by atoms with E-state index in [1.165, 1.54) is 38.5 Å². The highest BCUT2D eigenvalue weighted by molar-refractivity contribution is 4.92. The summed E-state index contributed by atoms with van der Waals surface area (Å²) in [5, 5.41) is 3.49. The van der Waals surface area contributed by atoms with Crippen molar-refractivity contribution < 1.29 is 9.47 Å². The van der Waals surface area contributed by atoms with Gasteiger partial charge in [0, 0.05) is 25.9 Å². The molecule has 0 radical (unpaired) electrons. The Hall–Kier alpha value is -0.120. The van der Waals surface area contributed by atoms with Gasteiger partial charge in [0.05, 0.1) is 5.60 Å². The van der Waals surface area contributed by atoms with Gasteiger partial charge in [-0.25, -0.2) is 0 Å². The van der Waals surface area contributed by atoms with E-state index in [9.17, 15) is 0 Å². The molecule has 3 nitrogen and oxygen atoms in total. The molecule has 2 unspecified atom stereocenters. The first-order valence-electron chi connectivity index (χ1n) is 7.13. The van der Waals surface area contributed by atoms with Gasteiger partial charge in [-0.3, -0.25) is 0 Å². The van der Waals surface area contributed by atoms with Crippen molar-refractivity contribution in [2.24, 2.45) is 5.92 Å². The SMILES string of the molecule is CNC(CC1CCOCC1)C1(C)CCCCO1. The molecular weight excluding hydrogens is 214 g/mol. The summed E-state index contributed by atoms with van der Waals surface area (Å²) >= 11 is 0. The monoisotopic (exact) mass is 241 g/mol. The zero-order chi connectivity index (χ0) is 12.1. The molecule has 0 aromatic carbocycles. The largest absolute Gasteiger partial charge is 0.381 e. The van der Waals surface area contributed by atoms with Crippen molar-refractivity contribution in [1.82, 2.24) is 5.32 Å². The Kier molecular flexibility index (Phi) is 4.83. The summed E-state index contributed by atoms with van der Waals surface area (Å²) in [6.45, 7) is 5.10. The quantitative estimate of drug-likeness (QED) is 0.819. The van der Waals surface area contributed by atoms with Gasteiger partial charge in [-0.05, 0) is 58.4 Å². The summed E-state index contributed by atoms with van der Waals surface area (Å²) in [6.07, 6.45) is 7.40. The molecule has 2 fully saturated rings. The molecule has 100 valence electrons. The van der Waals surface area contributed by atoms with Gasteiger partial charge in [0.2, 0.25) is 0 Å². The van der Waals surface area contributed by atoms with Crippen LogP contribution in [-0.2, 0) is 9.47 Å². The van der Waals surface area contributed by atoms with Gasteiger partial charge < -0.3 is 14.8 Å². The molecule has 3 heteroatoms. The zero-order valence-electron chi connectivity index (χ0n) is 11.3. The average Bonchev–Trinajstić information content (AvgIpc) is 2.38. The van der Waals surface area contributed by atoms with Gasteiger partial charge in [0.15, 0.2) is 0 Å². The van der Waals surface area contributed by atoms with Crippen molar-refractivity contribution in [3.63, 3.8) is 0 Å². The van der Waals surface area contributed by atoms with Crippen LogP contribution in [0.25, 0.3) is 0 Å². The topological polar surface area (TPSA) is 30.5 Å². The summed E-state index contributed by atoms with van der Waals surface area (Å²) in [4.78, 5) is 0. The van der Waals surface area contributed by atoms with Crippen LogP contribution in [-0.4, -0.2) is 38.5 Å². The number of likely N-dealkylation sites (N-methyl/N-ethyl adjacent to an activating group) is 1. The van der Waals surface area contributed by atoms with E-state index in [-0.39, 0.29) is 5.60 Å². The molecule has 0 saturated carbocycles. The molecule has 0 aromatic heterocycles. The van der Waals surface area contributed by atoms with Crippen molar-refractivity contribution in [2.75, 3.05) is 26.9 Å². The van der Waals surface area contributed by atoms with Crippen LogP contribution < -0.4 is 5.32 Å². The van der Waals surface area contributed by atoms with Crippen LogP contribution in [0, 0.1) is 5.92 Å². The molecule has 2 atom stereocenters. The fourth-order valence-electron chi connectivity index (χ4n) is 3.22. The van der Waals surface area contributed by atoms with Crippen LogP contribution in [0.4, 0.5) is 0 Å². The zero-order valence-corrected chi connectivity index (χ0v) is 11.3. The molecule has 0 aliphatic carbocycles. The Morgan fingerprint density at radius 2 is 2.00 bits per heavy atom. The molecule has 17 heavy (non-hydrogen) atoms. The number of hydrogen-bond donors (Lipinski definition) is 1. The van der Waals surface area contributed by atoms with E-state index in [0.29, 0.717) is 6.04 Å². The predicted molar refractivity (Wildman–Crippen MR) is 69.2 cm³/mol. The maximum absolute atomic E-state index is 6.07. The third-order valence-electron chi connectivity index (χ3n) is 4.49. The second kappa shape index (κ2) is 6.17. The second-order valence-corrected chi connectivity index (χ2v) is 5.75. The molecule has 2 saturated heterocycles. The molecule has 2 heterocycles. The second-order valence-electron chi connectivity index (χ2n) is 5.75. The third-order valence-corrected chi connectivity index (χ3v) is 4.49. The number of rotatable bonds is 4. The Labute approximate surface area is 105 Å². The third kappa shape index (κ3) is 3.43. The lowest BCUT2D eigenvalue weighted by Gasteiger charge is -2.42. The van der Waals surface area contributed by atoms with Crippen LogP contribution in [0.2, 0.25) is 0 Å². The number of ether oxygens (including phenoxy) is 2. The molecule has 1 N–H and O–H groups in total. The van der Waals surface area contributed by atoms with E-state index < -0.39 is 0 Å². The number of nitrogens with one attached hydrogen (secondary N) is 1. The summed E-state index contributed by atoms with van der Waals surface area (Å²) < 4.78 is 11.5. The fourth-order valence-corrected chi connectivity index (χ4v) is 3.22. The first kappa shape index (κ1) is 13.3. The fraction of sp³-hybridized carbons (Fsp3) is 1.00. The van der Waals surface area contributed by atoms with E-state index in [0.717, 1.165) is 25.7 Å². The molecule has 0 bridgehead atoms. The van der Waals surface area contributed by atoms with Gasteiger partial charge in [-0.2, -0.15) is 0 Å². The van der Waals surface area contributed by atoms with Crippen LogP contribution in [0.1, 0.15) is 45.4 Å². The summed E-state index contributed by atoms with van der Waals surface area (Å²) in [6, 6.07) is 0.492. The smallest absolute Gasteiger partial charge is 0.0806 e. The first-order chi connectivity index (χ1) is 8.24. The van der Waals surface area contributed by atoms with Crippen LogP contribution in [0.15, 0.2) is 0 Å². The minimum atomic E-state index is 0.0469. The highest BCUT2D eigenvalue weighted by atomic mass is 16.5. The summed E-state index contributed by atoms with van der Waals surface area (Å²) in [7, 11) is 2.08.